The Morgan fingerprint density at radius 3 is 2.30 bits per heavy atom. The Morgan fingerprint density at radius 2 is 1.85 bits per heavy atom. The molecule has 1 amide bonds. The largest absolute Gasteiger partial charge is 0.493 e. The Hall–Kier alpha value is -2.24. The van der Waals surface area contributed by atoms with E-state index in [4.69, 9.17) is 9.47 Å². The molecule has 0 aliphatic rings. The molecule has 0 aliphatic heterocycles. The lowest BCUT2D eigenvalue weighted by atomic mass is 9.92. The number of hydrogen-bond donors (Lipinski definition) is 2. The summed E-state index contributed by atoms with van der Waals surface area (Å²) in [7, 11) is 3.03. The third kappa shape index (κ3) is 3.63. The van der Waals surface area contributed by atoms with Crippen LogP contribution in [0.3, 0.4) is 0 Å². The molecule has 1 rings (SSSR count). The van der Waals surface area contributed by atoms with Gasteiger partial charge in [0.05, 0.1) is 14.2 Å². The molecule has 0 bridgehead atoms. The van der Waals surface area contributed by atoms with Gasteiger partial charge in [0.2, 0.25) is 5.91 Å². The molecule has 1 aromatic rings. The predicted octanol–water partition coefficient (Wildman–Crippen LogP) is 1.23. The summed E-state index contributed by atoms with van der Waals surface area (Å²) in [4.78, 5) is 22.5. The first-order valence-corrected chi connectivity index (χ1v) is 6.05. The summed E-state index contributed by atoms with van der Waals surface area (Å²) in [5, 5.41) is 11.8. The molecule has 0 fully saturated rings. The zero-order valence-electron chi connectivity index (χ0n) is 12.0. The maximum atomic E-state index is 11.4. The molecule has 1 aromatic carbocycles. The highest BCUT2D eigenvalue weighted by Gasteiger charge is 2.34. The fourth-order valence-corrected chi connectivity index (χ4v) is 1.96. The van der Waals surface area contributed by atoms with Crippen molar-refractivity contribution in [3.05, 3.63) is 23.8 Å². The van der Waals surface area contributed by atoms with Crippen LogP contribution in [-0.4, -0.2) is 36.7 Å². The molecule has 1 atom stereocenters. The van der Waals surface area contributed by atoms with Crippen LogP contribution in [0.5, 0.6) is 11.5 Å². The van der Waals surface area contributed by atoms with Crippen molar-refractivity contribution in [2.75, 3.05) is 14.2 Å². The Labute approximate surface area is 117 Å². The molecule has 0 aromatic heterocycles. The number of rotatable bonds is 6. The number of benzene rings is 1. The van der Waals surface area contributed by atoms with Gasteiger partial charge in [0.15, 0.2) is 11.5 Å². The van der Waals surface area contributed by atoms with E-state index in [0.29, 0.717) is 11.5 Å². The second kappa shape index (κ2) is 6.27. The minimum absolute atomic E-state index is 0.141. The number of carbonyl (C=O) groups is 2. The number of carboxylic acid groups (broad SMARTS) is 1. The molecule has 0 aliphatic carbocycles. The summed E-state index contributed by atoms with van der Waals surface area (Å²) < 4.78 is 10.3. The number of hydrogen-bond acceptors (Lipinski definition) is 4. The third-order valence-corrected chi connectivity index (χ3v) is 2.93. The van der Waals surface area contributed by atoms with Crippen LogP contribution in [0, 0.1) is 0 Å². The quantitative estimate of drug-likeness (QED) is 0.819. The highest BCUT2D eigenvalue weighted by Crippen LogP contribution is 2.29. The minimum atomic E-state index is -1.37. The van der Waals surface area contributed by atoms with Gasteiger partial charge in [-0.15, -0.1) is 0 Å². The van der Waals surface area contributed by atoms with Crippen molar-refractivity contribution in [2.45, 2.75) is 25.8 Å². The Balaban J connectivity index is 3.06. The van der Waals surface area contributed by atoms with Crippen molar-refractivity contribution in [2.24, 2.45) is 0 Å². The number of methoxy groups -OCH3 is 2. The molecular formula is C14H19NO5. The van der Waals surface area contributed by atoms with E-state index in [-0.39, 0.29) is 6.42 Å². The van der Waals surface area contributed by atoms with Gasteiger partial charge in [-0.05, 0) is 24.6 Å². The van der Waals surface area contributed by atoms with Crippen LogP contribution in [0.25, 0.3) is 0 Å². The monoisotopic (exact) mass is 281 g/mol. The zero-order valence-corrected chi connectivity index (χ0v) is 12.0. The lowest BCUT2D eigenvalue weighted by Gasteiger charge is -2.26. The number of nitrogens with one attached hydrogen (secondary N) is 1. The van der Waals surface area contributed by atoms with Gasteiger partial charge in [-0.2, -0.15) is 0 Å². The first-order valence-electron chi connectivity index (χ1n) is 6.05. The van der Waals surface area contributed by atoms with E-state index in [1.807, 2.05) is 0 Å². The van der Waals surface area contributed by atoms with Crippen molar-refractivity contribution in [3.8, 4) is 11.5 Å². The van der Waals surface area contributed by atoms with Gasteiger partial charge in [-0.25, -0.2) is 4.79 Å². The van der Waals surface area contributed by atoms with Gasteiger partial charge in [-0.1, -0.05) is 6.07 Å². The van der Waals surface area contributed by atoms with Gasteiger partial charge in [-0.3, -0.25) is 4.79 Å². The van der Waals surface area contributed by atoms with E-state index < -0.39 is 17.4 Å². The Morgan fingerprint density at radius 1 is 1.25 bits per heavy atom. The summed E-state index contributed by atoms with van der Waals surface area (Å²) in [5.41, 5.74) is -0.646. The molecule has 1 unspecified atom stereocenters. The first kappa shape index (κ1) is 15.8. The topological polar surface area (TPSA) is 84.9 Å². The highest BCUT2D eigenvalue weighted by atomic mass is 16.5. The van der Waals surface area contributed by atoms with Gasteiger partial charge in [0.25, 0.3) is 0 Å². The average molecular weight is 281 g/mol. The van der Waals surface area contributed by atoms with Crippen molar-refractivity contribution in [1.82, 2.24) is 5.32 Å². The van der Waals surface area contributed by atoms with Crippen LogP contribution in [-0.2, 0) is 16.0 Å². The standard InChI is InChI=1S/C14H19NO5/c1-9(16)15-14(2,13(17)18)8-10-5-6-11(19-3)12(7-10)20-4/h5-7H,8H2,1-4H3,(H,15,16)(H,17,18). The number of ether oxygens (including phenoxy) is 2. The zero-order chi connectivity index (χ0) is 15.3. The lowest BCUT2D eigenvalue weighted by molar-refractivity contribution is -0.146. The fraction of sp³-hybridized carbons (Fsp3) is 0.429. The Bertz CT molecular complexity index is 514. The summed E-state index contributed by atoms with van der Waals surface area (Å²) in [6.07, 6.45) is 0.141. The lowest BCUT2D eigenvalue weighted by Crippen LogP contribution is -2.53. The fourth-order valence-electron chi connectivity index (χ4n) is 1.96. The van der Waals surface area contributed by atoms with Crippen LogP contribution in [0.15, 0.2) is 18.2 Å². The van der Waals surface area contributed by atoms with E-state index >= 15 is 0 Å². The SMILES string of the molecule is COc1ccc(CC(C)(NC(C)=O)C(=O)O)cc1OC. The van der Waals surface area contributed by atoms with E-state index in [9.17, 15) is 14.7 Å². The van der Waals surface area contributed by atoms with Crippen molar-refractivity contribution in [1.29, 1.82) is 0 Å². The highest BCUT2D eigenvalue weighted by molar-refractivity contribution is 5.85. The van der Waals surface area contributed by atoms with Crippen LogP contribution < -0.4 is 14.8 Å². The van der Waals surface area contributed by atoms with Crippen molar-refractivity contribution in [3.63, 3.8) is 0 Å². The third-order valence-electron chi connectivity index (χ3n) is 2.93. The van der Waals surface area contributed by atoms with E-state index in [1.54, 1.807) is 18.2 Å². The van der Waals surface area contributed by atoms with Crippen LogP contribution >= 0.6 is 0 Å². The van der Waals surface area contributed by atoms with Gasteiger partial charge in [0.1, 0.15) is 5.54 Å². The van der Waals surface area contributed by atoms with Crippen molar-refractivity contribution >= 4 is 11.9 Å². The van der Waals surface area contributed by atoms with Crippen molar-refractivity contribution < 1.29 is 24.2 Å². The van der Waals surface area contributed by atoms with E-state index in [2.05, 4.69) is 5.32 Å². The van der Waals surface area contributed by atoms with Crippen LogP contribution in [0.1, 0.15) is 19.4 Å². The van der Waals surface area contributed by atoms with Gasteiger partial charge in [0, 0.05) is 13.3 Å². The minimum Gasteiger partial charge on any atom is -0.493 e. The molecule has 2 N–H and O–H groups in total. The normalized spacial score (nSPS) is 13.2. The van der Waals surface area contributed by atoms with Gasteiger partial charge < -0.3 is 19.9 Å². The van der Waals surface area contributed by atoms with E-state index in [1.165, 1.54) is 28.1 Å². The number of carbonyl (C=O) groups excluding carboxylic acids is 1. The number of aliphatic carboxylic acids is 1. The molecule has 110 valence electrons. The molecule has 20 heavy (non-hydrogen) atoms. The summed E-state index contributed by atoms with van der Waals surface area (Å²) >= 11 is 0. The second-order valence-electron chi connectivity index (χ2n) is 4.68. The molecule has 0 saturated heterocycles. The molecule has 6 nitrogen and oxygen atoms in total. The molecule has 0 radical (unpaired) electrons. The maximum absolute atomic E-state index is 11.4. The summed E-state index contributed by atoms with van der Waals surface area (Å²) in [6.45, 7) is 2.75. The maximum Gasteiger partial charge on any atom is 0.329 e. The average Bonchev–Trinajstić information content (AvgIpc) is 2.37. The number of carboxylic acids is 1. The molecule has 0 saturated carbocycles. The molecule has 6 heteroatoms. The Kier molecular flexibility index (Phi) is 4.96. The van der Waals surface area contributed by atoms with Gasteiger partial charge >= 0.3 is 5.97 Å². The van der Waals surface area contributed by atoms with Crippen LogP contribution in [0.4, 0.5) is 0 Å². The predicted molar refractivity (Wildman–Crippen MR) is 73.1 cm³/mol. The second-order valence-corrected chi connectivity index (χ2v) is 4.68. The summed E-state index contributed by atoms with van der Waals surface area (Å²) in [6, 6.07) is 5.14. The first-order chi connectivity index (χ1) is 9.32. The summed E-state index contributed by atoms with van der Waals surface area (Å²) in [5.74, 6) is -0.411. The smallest absolute Gasteiger partial charge is 0.329 e. The molecule has 0 spiro atoms. The number of amides is 1. The van der Waals surface area contributed by atoms with E-state index in [0.717, 1.165) is 5.56 Å². The molecular weight excluding hydrogens is 262 g/mol. The van der Waals surface area contributed by atoms with Crippen LogP contribution in [0.2, 0.25) is 0 Å². The molecule has 0 heterocycles.